The van der Waals surface area contributed by atoms with E-state index in [1.54, 1.807) is 0 Å². The van der Waals surface area contributed by atoms with E-state index in [0.29, 0.717) is 12.0 Å². The molecular formula is C15H22O2. The van der Waals surface area contributed by atoms with Crippen molar-refractivity contribution in [2.45, 2.75) is 45.5 Å². The summed E-state index contributed by atoms with van der Waals surface area (Å²) in [5, 5.41) is 0. The van der Waals surface area contributed by atoms with Crippen molar-refractivity contribution >= 4 is 0 Å². The lowest BCUT2D eigenvalue weighted by molar-refractivity contribution is -0.243. The molecule has 0 bridgehead atoms. The SMILES string of the molecule is CCC[C@H]1O[C@@H](c2ccccc2)OC[C@@H]1CC. The molecule has 1 aromatic carbocycles. The lowest BCUT2D eigenvalue weighted by atomic mass is 9.95. The molecular weight excluding hydrogens is 212 g/mol. The Morgan fingerprint density at radius 3 is 2.59 bits per heavy atom. The Balaban J connectivity index is 2.03. The van der Waals surface area contributed by atoms with E-state index < -0.39 is 0 Å². The van der Waals surface area contributed by atoms with Gasteiger partial charge in [-0.1, -0.05) is 50.6 Å². The highest BCUT2D eigenvalue weighted by molar-refractivity contribution is 5.16. The van der Waals surface area contributed by atoms with Gasteiger partial charge in [0, 0.05) is 11.5 Å². The molecule has 2 heteroatoms. The maximum absolute atomic E-state index is 6.09. The monoisotopic (exact) mass is 234 g/mol. The van der Waals surface area contributed by atoms with Gasteiger partial charge in [0.25, 0.3) is 0 Å². The quantitative estimate of drug-likeness (QED) is 0.786. The fraction of sp³-hybridized carbons (Fsp3) is 0.600. The molecule has 1 heterocycles. The van der Waals surface area contributed by atoms with Crippen LogP contribution in [0.3, 0.4) is 0 Å². The molecule has 2 rings (SSSR count). The Hall–Kier alpha value is -0.860. The Labute approximate surface area is 104 Å². The smallest absolute Gasteiger partial charge is 0.184 e. The second-order valence-electron chi connectivity index (χ2n) is 4.71. The van der Waals surface area contributed by atoms with E-state index in [4.69, 9.17) is 9.47 Å². The molecule has 0 aliphatic carbocycles. The first-order chi connectivity index (χ1) is 8.35. The van der Waals surface area contributed by atoms with E-state index in [2.05, 4.69) is 26.0 Å². The van der Waals surface area contributed by atoms with Crippen LogP contribution in [0, 0.1) is 5.92 Å². The van der Waals surface area contributed by atoms with E-state index in [1.165, 1.54) is 6.42 Å². The van der Waals surface area contributed by atoms with Crippen LogP contribution in [0.15, 0.2) is 30.3 Å². The fourth-order valence-corrected chi connectivity index (χ4v) is 2.38. The van der Waals surface area contributed by atoms with Gasteiger partial charge >= 0.3 is 0 Å². The van der Waals surface area contributed by atoms with Crippen LogP contribution in [0.1, 0.15) is 45.0 Å². The maximum Gasteiger partial charge on any atom is 0.184 e. The van der Waals surface area contributed by atoms with Gasteiger partial charge in [-0.3, -0.25) is 0 Å². The average molecular weight is 234 g/mol. The molecule has 1 aliphatic rings. The molecule has 17 heavy (non-hydrogen) atoms. The van der Waals surface area contributed by atoms with Crippen LogP contribution in [0.25, 0.3) is 0 Å². The minimum absolute atomic E-state index is 0.171. The Bertz CT molecular complexity index is 323. The van der Waals surface area contributed by atoms with Crippen LogP contribution in [0.2, 0.25) is 0 Å². The van der Waals surface area contributed by atoms with Gasteiger partial charge in [-0.2, -0.15) is 0 Å². The minimum atomic E-state index is -0.171. The summed E-state index contributed by atoms with van der Waals surface area (Å²) in [6.07, 6.45) is 3.61. The molecule has 0 radical (unpaired) electrons. The summed E-state index contributed by atoms with van der Waals surface area (Å²) in [6.45, 7) is 5.24. The second-order valence-corrected chi connectivity index (χ2v) is 4.71. The third-order valence-electron chi connectivity index (χ3n) is 3.46. The van der Waals surface area contributed by atoms with Gasteiger partial charge < -0.3 is 9.47 Å². The third-order valence-corrected chi connectivity index (χ3v) is 3.46. The van der Waals surface area contributed by atoms with E-state index >= 15 is 0 Å². The number of hydrogen-bond acceptors (Lipinski definition) is 2. The largest absolute Gasteiger partial charge is 0.348 e. The van der Waals surface area contributed by atoms with Crippen molar-refractivity contribution in [1.29, 1.82) is 0 Å². The highest BCUT2D eigenvalue weighted by atomic mass is 16.7. The number of rotatable bonds is 4. The fourth-order valence-electron chi connectivity index (χ4n) is 2.38. The van der Waals surface area contributed by atoms with Crippen LogP contribution in [-0.2, 0) is 9.47 Å². The topological polar surface area (TPSA) is 18.5 Å². The molecule has 1 aliphatic heterocycles. The summed E-state index contributed by atoms with van der Waals surface area (Å²) < 4.78 is 11.9. The average Bonchev–Trinajstić information content (AvgIpc) is 2.40. The number of benzene rings is 1. The summed E-state index contributed by atoms with van der Waals surface area (Å²) in [5.41, 5.74) is 1.13. The summed E-state index contributed by atoms with van der Waals surface area (Å²) in [4.78, 5) is 0. The van der Waals surface area contributed by atoms with Crippen molar-refractivity contribution in [3.05, 3.63) is 35.9 Å². The highest BCUT2D eigenvalue weighted by Gasteiger charge is 2.30. The van der Waals surface area contributed by atoms with Gasteiger partial charge in [-0.05, 0) is 12.8 Å². The summed E-state index contributed by atoms with van der Waals surface area (Å²) in [7, 11) is 0. The molecule has 3 atom stereocenters. The summed E-state index contributed by atoms with van der Waals surface area (Å²) in [5.74, 6) is 0.551. The number of ether oxygens (including phenoxy) is 2. The van der Waals surface area contributed by atoms with Crippen LogP contribution in [0.4, 0.5) is 0 Å². The van der Waals surface area contributed by atoms with E-state index in [-0.39, 0.29) is 6.29 Å². The molecule has 0 unspecified atom stereocenters. The van der Waals surface area contributed by atoms with Gasteiger partial charge in [0.1, 0.15) is 0 Å². The zero-order valence-electron chi connectivity index (χ0n) is 10.8. The van der Waals surface area contributed by atoms with Gasteiger partial charge in [-0.25, -0.2) is 0 Å². The Kier molecular flexibility index (Phi) is 4.57. The van der Waals surface area contributed by atoms with Crippen LogP contribution >= 0.6 is 0 Å². The van der Waals surface area contributed by atoms with Crippen molar-refractivity contribution in [3.63, 3.8) is 0 Å². The molecule has 0 saturated carbocycles. The molecule has 1 fully saturated rings. The van der Waals surface area contributed by atoms with Crippen molar-refractivity contribution in [3.8, 4) is 0 Å². The van der Waals surface area contributed by atoms with Gasteiger partial charge in [0.2, 0.25) is 0 Å². The second kappa shape index (κ2) is 6.18. The highest BCUT2D eigenvalue weighted by Crippen LogP contribution is 2.32. The standard InChI is InChI=1S/C15H22O2/c1-3-8-14-12(4-2)11-16-15(17-14)13-9-6-5-7-10-13/h5-7,9-10,12,14-15H,3-4,8,11H2,1-2H3/t12-,14+,15-/m0/s1. The molecule has 0 amide bonds. The van der Waals surface area contributed by atoms with E-state index in [9.17, 15) is 0 Å². The molecule has 2 nitrogen and oxygen atoms in total. The zero-order valence-corrected chi connectivity index (χ0v) is 10.8. The summed E-state index contributed by atoms with van der Waals surface area (Å²) >= 11 is 0. The predicted octanol–water partition coefficient (Wildman–Crippen LogP) is 3.93. The maximum atomic E-state index is 6.09. The Morgan fingerprint density at radius 1 is 1.18 bits per heavy atom. The van der Waals surface area contributed by atoms with Gasteiger partial charge in [0.15, 0.2) is 6.29 Å². The predicted molar refractivity (Wildman–Crippen MR) is 68.7 cm³/mol. The first kappa shape index (κ1) is 12.6. The molecule has 0 spiro atoms. The van der Waals surface area contributed by atoms with Crippen molar-refractivity contribution in [2.24, 2.45) is 5.92 Å². The third kappa shape index (κ3) is 3.08. The molecule has 1 aromatic rings. The van der Waals surface area contributed by atoms with Crippen LogP contribution in [0.5, 0.6) is 0 Å². The van der Waals surface area contributed by atoms with Crippen LogP contribution in [-0.4, -0.2) is 12.7 Å². The van der Waals surface area contributed by atoms with Gasteiger partial charge in [-0.15, -0.1) is 0 Å². The Morgan fingerprint density at radius 2 is 1.94 bits per heavy atom. The molecule has 94 valence electrons. The zero-order chi connectivity index (χ0) is 12.1. The van der Waals surface area contributed by atoms with Gasteiger partial charge in [0.05, 0.1) is 12.7 Å². The molecule has 0 N–H and O–H groups in total. The minimum Gasteiger partial charge on any atom is -0.348 e. The molecule has 0 aromatic heterocycles. The van der Waals surface area contributed by atoms with Crippen molar-refractivity contribution in [1.82, 2.24) is 0 Å². The number of hydrogen-bond donors (Lipinski definition) is 0. The van der Waals surface area contributed by atoms with Crippen LogP contribution < -0.4 is 0 Å². The van der Waals surface area contributed by atoms with E-state index in [1.807, 2.05) is 18.2 Å². The lowest BCUT2D eigenvalue weighted by Gasteiger charge is -2.36. The normalized spacial score (nSPS) is 29.2. The first-order valence-electron chi connectivity index (χ1n) is 6.67. The van der Waals surface area contributed by atoms with E-state index in [0.717, 1.165) is 25.0 Å². The molecule has 1 saturated heterocycles. The van der Waals surface area contributed by atoms with Crippen molar-refractivity contribution in [2.75, 3.05) is 6.61 Å². The first-order valence-corrected chi connectivity index (χ1v) is 6.67. The summed E-state index contributed by atoms with van der Waals surface area (Å²) in [6, 6.07) is 10.2. The lowest BCUT2D eigenvalue weighted by Crippen LogP contribution is -2.35. The van der Waals surface area contributed by atoms with Crippen molar-refractivity contribution < 1.29 is 9.47 Å².